The summed E-state index contributed by atoms with van der Waals surface area (Å²) in [5.74, 6) is 0.418. The molecule has 0 fully saturated rings. The number of hydrogen-bond acceptors (Lipinski definition) is 5. The lowest BCUT2D eigenvalue weighted by Gasteiger charge is -2.01. The predicted octanol–water partition coefficient (Wildman–Crippen LogP) is -0.909. The van der Waals surface area contributed by atoms with Crippen molar-refractivity contribution in [1.82, 2.24) is 24.1 Å². The molecule has 0 amide bonds. The van der Waals surface area contributed by atoms with Crippen LogP contribution in [0.1, 0.15) is 11.5 Å². The summed E-state index contributed by atoms with van der Waals surface area (Å²) < 4.78 is 29.8. The fraction of sp³-hybridized carbons (Fsp3) is 0.400. The van der Waals surface area contributed by atoms with Gasteiger partial charge in [0.2, 0.25) is 10.0 Å². The fourth-order valence-electron chi connectivity index (χ4n) is 1.63. The van der Waals surface area contributed by atoms with Crippen molar-refractivity contribution in [1.29, 1.82) is 0 Å². The monoisotopic (exact) mass is 284 g/mol. The van der Waals surface area contributed by atoms with E-state index in [2.05, 4.69) is 14.8 Å². The maximum atomic E-state index is 12.1. The first kappa shape index (κ1) is 13.7. The van der Waals surface area contributed by atoms with Gasteiger partial charge in [0.25, 0.3) is 0 Å². The Balaban J connectivity index is 2.13. The summed E-state index contributed by atoms with van der Waals surface area (Å²) in [6, 6.07) is 1.55. The first-order valence-corrected chi connectivity index (χ1v) is 7.10. The maximum absolute atomic E-state index is 12.1. The van der Waals surface area contributed by atoms with E-state index in [1.807, 2.05) is 0 Å². The molecule has 2 rings (SSSR count). The van der Waals surface area contributed by atoms with Crippen molar-refractivity contribution in [2.45, 2.75) is 18.0 Å². The molecule has 0 aliphatic heterocycles. The quantitative estimate of drug-likeness (QED) is 0.739. The molecule has 8 nitrogen and oxygen atoms in total. The minimum atomic E-state index is -3.58. The molecule has 9 heteroatoms. The topological polar surface area (TPSA) is 108 Å². The standard InChI is InChI=1S/C10H16N6O2S/c1-15-6-9(3-8(15)4-11)19(17,18)13-5-10-12-7-16(2)14-10/h3,6-7,13H,4-5,11H2,1-2H3. The highest BCUT2D eigenvalue weighted by Crippen LogP contribution is 2.13. The largest absolute Gasteiger partial charge is 0.352 e. The molecule has 0 atom stereocenters. The average molecular weight is 284 g/mol. The van der Waals surface area contributed by atoms with Crippen molar-refractivity contribution in [3.8, 4) is 0 Å². The smallest absolute Gasteiger partial charge is 0.242 e. The molecule has 0 aliphatic carbocycles. The lowest BCUT2D eigenvalue weighted by molar-refractivity contribution is 0.578. The molecule has 19 heavy (non-hydrogen) atoms. The number of nitrogens with one attached hydrogen (secondary N) is 1. The van der Waals surface area contributed by atoms with E-state index in [-0.39, 0.29) is 18.0 Å². The van der Waals surface area contributed by atoms with Crippen LogP contribution in [0.25, 0.3) is 0 Å². The van der Waals surface area contributed by atoms with E-state index in [9.17, 15) is 8.42 Å². The number of sulfonamides is 1. The highest BCUT2D eigenvalue weighted by Gasteiger charge is 2.17. The summed E-state index contributed by atoms with van der Waals surface area (Å²) >= 11 is 0. The van der Waals surface area contributed by atoms with Gasteiger partial charge in [0.15, 0.2) is 5.82 Å². The first-order valence-electron chi connectivity index (χ1n) is 5.62. The number of hydrogen-bond donors (Lipinski definition) is 2. The molecular weight excluding hydrogens is 268 g/mol. The van der Waals surface area contributed by atoms with Gasteiger partial charge in [-0.25, -0.2) is 18.1 Å². The van der Waals surface area contributed by atoms with Crippen LogP contribution in [0.15, 0.2) is 23.5 Å². The number of rotatable bonds is 5. The normalized spacial score (nSPS) is 11.9. The summed E-state index contributed by atoms with van der Waals surface area (Å²) in [4.78, 5) is 4.14. The molecule has 0 bridgehead atoms. The first-order chi connectivity index (χ1) is 8.92. The Morgan fingerprint density at radius 2 is 2.16 bits per heavy atom. The zero-order valence-electron chi connectivity index (χ0n) is 10.7. The fourth-order valence-corrected chi connectivity index (χ4v) is 2.71. The predicted molar refractivity (Wildman–Crippen MR) is 68.3 cm³/mol. The zero-order valence-corrected chi connectivity index (χ0v) is 11.6. The van der Waals surface area contributed by atoms with Gasteiger partial charge in [-0.15, -0.1) is 0 Å². The van der Waals surface area contributed by atoms with E-state index in [1.54, 1.807) is 24.7 Å². The van der Waals surface area contributed by atoms with Crippen molar-refractivity contribution >= 4 is 10.0 Å². The number of aromatic nitrogens is 4. The summed E-state index contributed by atoms with van der Waals surface area (Å²) in [6.45, 7) is 0.337. The molecule has 0 spiro atoms. The third kappa shape index (κ3) is 3.00. The summed E-state index contributed by atoms with van der Waals surface area (Å²) in [5.41, 5.74) is 6.26. The third-order valence-electron chi connectivity index (χ3n) is 2.67. The summed E-state index contributed by atoms with van der Waals surface area (Å²) in [7, 11) is -0.107. The number of aryl methyl sites for hydroxylation is 2. The molecule has 0 aliphatic rings. The van der Waals surface area contributed by atoms with Crippen molar-refractivity contribution < 1.29 is 8.42 Å². The molecule has 0 saturated heterocycles. The zero-order chi connectivity index (χ0) is 14.0. The summed E-state index contributed by atoms with van der Waals surface area (Å²) in [6.07, 6.45) is 3.04. The maximum Gasteiger partial charge on any atom is 0.242 e. The van der Waals surface area contributed by atoms with Gasteiger partial charge < -0.3 is 10.3 Å². The Labute approximate surface area is 111 Å². The molecular formula is C10H16N6O2S. The van der Waals surface area contributed by atoms with Gasteiger partial charge in [0.1, 0.15) is 6.33 Å². The minimum absolute atomic E-state index is 0.0516. The molecule has 0 unspecified atom stereocenters. The highest BCUT2D eigenvalue weighted by atomic mass is 32.2. The number of nitrogens with two attached hydrogens (primary N) is 1. The van der Waals surface area contributed by atoms with Crippen LogP contribution < -0.4 is 10.5 Å². The average Bonchev–Trinajstić information content (AvgIpc) is 2.93. The van der Waals surface area contributed by atoms with E-state index in [0.29, 0.717) is 5.82 Å². The van der Waals surface area contributed by atoms with Gasteiger partial charge >= 0.3 is 0 Å². The van der Waals surface area contributed by atoms with E-state index < -0.39 is 10.0 Å². The van der Waals surface area contributed by atoms with Crippen LogP contribution in [0.2, 0.25) is 0 Å². The van der Waals surface area contributed by atoms with Crippen molar-refractivity contribution in [3.63, 3.8) is 0 Å². The van der Waals surface area contributed by atoms with Crippen LogP contribution in [0.3, 0.4) is 0 Å². The van der Waals surface area contributed by atoms with Crippen LogP contribution in [-0.2, 0) is 37.2 Å². The number of nitrogens with zero attached hydrogens (tertiary/aromatic N) is 4. The Kier molecular flexibility index (Phi) is 3.69. The SMILES string of the molecule is Cn1cnc(CNS(=O)(=O)c2cc(CN)n(C)c2)n1. The molecule has 0 aromatic carbocycles. The van der Waals surface area contributed by atoms with Gasteiger partial charge in [0.05, 0.1) is 11.4 Å². The van der Waals surface area contributed by atoms with Crippen LogP contribution in [0, 0.1) is 0 Å². The van der Waals surface area contributed by atoms with Gasteiger partial charge in [0, 0.05) is 32.5 Å². The van der Waals surface area contributed by atoms with Gasteiger partial charge in [-0.3, -0.25) is 4.68 Å². The molecule has 2 aromatic heterocycles. The Bertz CT molecular complexity index is 672. The van der Waals surface area contributed by atoms with Crippen molar-refractivity contribution in [3.05, 3.63) is 30.1 Å². The molecule has 0 saturated carbocycles. The van der Waals surface area contributed by atoms with Crippen molar-refractivity contribution in [2.75, 3.05) is 0 Å². The summed E-state index contributed by atoms with van der Waals surface area (Å²) in [5, 5.41) is 4.00. The van der Waals surface area contributed by atoms with E-state index in [0.717, 1.165) is 5.69 Å². The third-order valence-corrected chi connectivity index (χ3v) is 4.04. The Hall–Kier alpha value is -1.71. The van der Waals surface area contributed by atoms with Crippen LogP contribution >= 0.6 is 0 Å². The van der Waals surface area contributed by atoms with Crippen LogP contribution in [-0.4, -0.2) is 27.7 Å². The van der Waals surface area contributed by atoms with E-state index in [1.165, 1.54) is 17.2 Å². The van der Waals surface area contributed by atoms with Gasteiger partial charge in [-0.2, -0.15) is 5.10 Å². The van der Waals surface area contributed by atoms with Gasteiger partial charge in [-0.1, -0.05) is 0 Å². The second-order valence-corrected chi connectivity index (χ2v) is 5.91. The lowest BCUT2D eigenvalue weighted by Crippen LogP contribution is -2.23. The van der Waals surface area contributed by atoms with E-state index >= 15 is 0 Å². The second kappa shape index (κ2) is 5.11. The van der Waals surface area contributed by atoms with E-state index in [4.69, 9.17) is 5.73 Å². The molecule has 3 N–H and O–H groups in total. The highest BCUT2D eigenvalue weighted by molar-refractivity contribution is 7.89. The van der Waals surface area contributed by atoms with Crippen LogP contribution in [0.5, 0.6) is 0 Å². The van der Waals surface area contributed by atoms with Gasteiger partial charge in [-0.05, 0) is 6.07 Å². The molecule has 2 aromatic rings. The van der Waals surface area contributed by atoms with Crippen LogP contribution in [0.4, 0.5) is 0 Å². The second-order valence-electron chi connectivity index (χ2n) is 4.14. The lowest BCUT2D eigenvalue weighted by atomic mass is 10.4. The molecule has 2 heterocycles. The Morgan fingerprint density at radius 3 is 2.68 bits per heavy atom. The van der Waals surface area contributed by atoms with Crippen molar-refractivity contribution in [2.24, 2.45) is 19.8 Å². The molecule has 104 valence electrons. The Morgan fingerprint density at radius 1 is 1.42 bits per heavy atom. The molecule has 0 radical (unpaired) electrons. The minimum Gasteiger partial charge on any atom is -0.352 e.